The molecule has 2 unspecified atom stereocenters. The Hall–Kier alpha value is -2.80. The number of carbonyl (C=O) groups excluding carboxylic acids is 1. The van der Waals surface area contributed by atoms with E-state index in [2.05, 4.69) is 32.1 Å². The summed E-state index contributed by atoms with van der Waals surface area (Å²) in [5.74, 6) is 1.74. The van der Waals surface area contributed by atoms with Crippen LogP contribution in [0.1, 0.15) is 32.6 Å². The quantitative estimate of drug-likeness (QED) is 0.582. The van der Waals surface area contributed by atoms with E-state index in [4.69, 9.17) is 11.6 Å². The minimum absolute atomic E-state index is 0.173. The number of fused-ring (bicyclic) bond motifs is 2. The molecule has 0 radical (unpaired) electrons. The summed E-state index contributed by atoms with van der Waals surface area (Å²) in [4.78, 5) is 30.1. The second-order valence-electron chi connectivity index (χ2n) is 8.82. The Kier molecular flexibility index (Phi) is 5.91. The smallest absolute Gasteiger partial charge is 0.245 e. The van der Waals surface area contributed by atoms with Crippen molar-refractivity contribution in [3.8, 4) is 0 Å². The molecule has 1 aromatic carbocycles. The highest BCUT2D eigenvalue weighted by atomic mass is 35.5. The van der Waals surface area contributed by atoms with Crippen LogP contribution in [0.3, 0.4) is 0 Å². The van der Waals surface area contributed by atoms with Gasteiger partial charge in [-0.1, -0.05) is 31.0 Å². The lowest BCUT2D eigenvalue weighted by Crippen LogP contribution is -2.53. The van der Waals surface area contributed by atoms with Crippen molar-refractivity contribution in [2.24, 2.45) is 5.92 Å². The highest BCUT2D eigenvalue weighted by Gasteiger charge is 2.41. The Balaban J connectivity index is 1.34. The van der Waals surface area contributed by atoms with Crippen molar-refractivity contribution in [1.82, 2.24) is 19.9 Å². The van der Waals surface area contributed by atoms with Gasteiger partial charge in [-0.05, 0) is 49.4 Å². The monoisotopic (exact) mass is 452 g/mol. The van der Waals surface area contributed by atoms with Gasteiger partial charge < -0.3 is 20.1 Å². The zero-order valence-corrected chi connectivity index (χ0v) is 19.1. The van der Waals surface area contributed by atoms with Crippen LogP contribution >= 0.6 is 11.6 Å². The summed E-state index contributed by atoms with van der Waals surface area (Å²) < 4.78 is 0. The first-order chi connectivity index (χ1) is 15.6. The number of amides is 1. The minimum Gasteiger partial charge on any atom is -0.374 e. The maximum absolute atomic E-state index is 13.6. The van der Waals surface area contributed by atoms with E-state index >= 15 is 0 Å². The number of halogens is 1. The molecule has 3 aromatic rings. The van der Waals surface area contributed by atoms with Gasteiger partial charge >= 0.3 is 0 Å². The van der Waals surface area contributed by atoms with Gasteiger partial charge in [-0.3, -0.25) is 4.79 Å². The standard InChI is InChI=1S/C24H29ClN6O/c1-2-4-20(29-18-6-3-5-17(25)13-18)24(32)30-11-8-16-9-12-31(21(16)14-30)23-19-7-10-26-22(19)27-15-28-23/h3,5-7,10,13,15-16,20-21,29H,2,4,8-9,11-12,14H2,1H3,(H,26,27,28)/t16?,20-,21?/m1/s1. The number of aromatic nitrogens is 3. The zero-order chi connectivity index (χ0) is 22.1. The van der Waals surface area contributed by atoms with Gasteiger partial charge in [0.15, 0.2) is 0 Å². The SMILES string of the molecule is CCC[C@@H](Nc1cccc(Cl)c1)C(=O)N1CCC2CCN(c3ncnc4[nH]ccc34)C2C1. The molecule has 8 heteroatoms. The molecule has 2 aromatic heterocycles. The molecule has 168 valence electrons. The number of hydrogen-bond acceptors (Lipinski definition) is 5. The van der Waals surface area contributed by atoms with Gasteiger partial charge in [-0.2, -0.15) is 0 Å². The Morgan fingerprint density at radius 2 is 2.16 bits per heavy atom. The number of nitrogens with zero attached hydrogens (tertiary/aromatic N) is 4. The van der Waals surface area contributed by atoms with Gasteiger partial charge in [0, 0.05) is 36.5 Å². The normalized spacial score (nSPS) is 21.6. The van der Waals surface area contributed by atoms with Crippen molar-refractivity contribution in [2.75, 3.05) is 29.9 Å². The summed E-state index contributed by atoms with van der Waals surface area (Å²) in [5.41, 5.74) is 1.74. The molecule has 1 amide bonds. The van der Waals surface area contributed by atoms with E-state index in [9.17, 15) is 4.79 Å². The Morgan fingerprint density at radius 3 is 3.00 bits per heavy atom. The predicted octanol–water partition coefficient (Wildman–Crippen LogP) is 4.32. The van der Waals surface area contributed by atoms with Crippen LogP contribution in [0.5, 0.6) is 0 Å². The molecule has 0 saturated carbocycles. The zero-order valence-electron chi connectivity index (χ0n) is 18.3. The molecule has 2 saturated heterocycles. The molecule has 0 bridgehead atoms. The van der Waals surface area contributed by atoms with Crippen LogP contribution in [0.15, 0.2) is 42.9 Å². The second-order valence-corrected chi connectivity index (χ2v) is 9.25. The number of anilines is 2. The van der Waals surface area contributed by atoms with Crippen molar-refractivity contribution in [3.05, 3.63) is 47.9 Å². The molecule has 7 nitrogen and oxygen atoms in total. The fourth-order valence-corrected chi connectivity index (χ4v) is 5.43. The van der Waals surface area contributed by atoms with Gasteiger partial charge in [0.25, 0.3) is 0 Å². The molecule has 0 aliphatic carbocycles. The van der Waals surface area contributed by atoms with Crippen LogP contribution in [-0.4, -0.2) is 57.5 Å². The number of aromatic amines is 1. The summed E-state index contributed by atoms with van der Waals surface area (Å²) in [6.45, 7) is 4.63. The predicted molar refractivity (Wildman–Crippen MR) is 128 cm³/mol. The average molecular weight is 453 g/mol. The number of hydrogen-bond donors (Lipinski definition) is 2. The maximum Gasteiger partial charge on any atom is 0.245 e. The van der Waals surface area contributed by atoms with Crippen molar-refractivity contribution >= 4 is 40.0 Å². The van der Waals surface area contributed by atoms with Gasteiger partial charge in [0.1, 0.15) is 23.8 Å². The first-order valence-corrected chi connectivity index (χ1v) is 11.9. The van der Waals surface area contributed by atoms with Gasteiger partial charge in [0.2, 0.25) is 5.91 Å². The van der Waals surface area contributed by atoms with Crippen molar-refractivity contribution in [1.29, 1.82) is 0 Å². The summed E-state index contributed by atoms with van der Waals surface area (Å²) in [6.07, 6.45) is 7.42. The van der Waals surface area contributed by atoms with E-state index in [1.54, 1.807) is 6.33 Å². The lowest BCUT2D eigenvalue weighted by atomic mass is 9.91. The van der Waals surface area contributed by atoms with E-state index in [1.807, 2.05) is 41.4 Å². The number of carbonyl (C=O) groups is 1. The fourth-order valence-electron chi connectivity index (χ4n) is 5.24. The molecule has 3 atom stereocenters. The number of rotatable bonds is 6. The third kappa shape index (κ3) is 4.01. The second kappa shape index (κ2) is 8.98. The summed E-state index contributed by atoms with van der Waals surface area (Å²) in [6, 6.07) is 9.66. The molecular formula is C24H29ClN6O. The Bertz CT molecular complexity index is 1100. The lowest BCUT2D eigenvalue weighted by Gasteiger charge is -2.40. The third-order valence-electron chi connectivity index (χ3n) is 6.82. The first kappa shape index (κ1) is 21.1. The highest BCUT2D eigenvalue weighted by molar-refractivity contribution is 6.30. The van der Waals surface area contributed by atoms with Crippen molar-refractivity contribution in [3.63, 3.8) is 0 Å². The molecule has 2 aliphatic heterocycles. The van der Waals surface area contributed by atoms with Crippen LogP contribution in [0.25, 0.3) is 11.0 Å². The largest absolute Gasteiger partial charge is 0.374 e. The van der Waals surface area contributed by atoms with Crippen molar-refractivity contribution in [2.45, 2.75) is 44.7 Å². The van der Waals surface area contributed by atoms with Gasteiger partial charge in [-0.25, -0.2) is 9.97 Å². The Labute approximate surface area is 193 Å². The number of H-pyrrole nitrogens is 1. The van der Waals surface area contributed by atoms with Crippen LogP contribution < -0.4 is 10.2 Å². The number of benzene rings is 1. The molecule has 2 N–H and O–H groups in total. The molecule has 2 aliphatic rings. The molecule has 32 heavy (non-hydrogen) atoms. The van der Waals surface area contributed by atoms with Gasteiger partial charge in [-0.15, -0.1) is 0 Å². The van der Waals surface area contributed by atoms with E-state index in [-0.39, 0.29) is 18.0 Å². The molecule has 4 heterocycles. The first-order valence-electron chi connectivity index (χ1n) is 11.5. The summed E-state index contributed by atoms with van der Waals surface area (Å²) >= 11 is 6.15. The van der Waals surface area contributed by atoms with E-state index in [0.717, 1.165) is 67.9 Å². The lowest BCUT2D eigenvalue weighted by molar-refractivity contribution is -0.133. The van der Waals surface area contributed by atoms with Crippen molar-refractivity contribution < 1.29 is 4.79 Å². The fraction of sp³-hybridized carbons (Fsp3) is 0.458. The van der Waals surface area contributed by atoms with E-state index in [1.165, 1.54) is 0 Å². The van der Waals surface area contributed by atoms with Crippen LogP contribution in [0, 0.1) is 5.92 Å². The third-order valence-corrected chi connectivity index (χ3v) is 7.06. The molecule has 0 spiro atoms. The minimum atomic E-state index is -0.250. The summed E-state index contributed by atoms with van der Waals surface area (Å²) in [7, 11) is 0. The van der Waals surface area contributed by atoms with Crippen LogP contribution in [-0.2, 0) is 4.79 Å². The molecule has 2 fully saturated rings. The van der Waals surface area contributed by atoms with E-state index < -0.39 is 0 Å². The maximum atomic E-state index is 13.6. The van der Waals surface area contributed by atoms with Gasteiger partial charge in [0.05, 0.1) is 11.4 Å². The Morgan fingerprint density at radius 1 is 1.28 bits per heavy atom. The number of nitrogens with one attached hydrogen (secondary N) is 2. The average Bonchev–Trinajstić information content (AvgIpc) is 3.45. The van der Waals surface area contributed by atoms with Crippen LogP contribution in [0.2, 0.25) is 5.02 Å². The van der Waals surface area contributed by atoms with E-state index in [0.29, 0.717) is 10.9 Å². The number of piperidine rings is 1. The molecule has 5 rings (SSSR count). The van der Waals surface area contributed by atoms with Crippen LogP contribution in [0.4, 0.5) is 11.5 Å². The number of likely N-dealkylation sites (tertiary alicyclic amines) is 1. The topological polar surface area (TPSA) is 77.2 Å². The highest BCUT2D eigenvalue weighted by Crippen LogP contribution is 2.37. The summed E-state index contributed by atoms with van der Waals surface area (Å²) in [5, 5.41) is 5.14. The molecular weight excluding hydrogens is 424 g/mol.